The highest BCUT2D eigenvalue weighted by atomic mass is 127. The van der Waals surface area contributed by atoms with Gasteiger partial charge >= 0.3 is 0 Å². The number of rotatable bonds is 7. The summed E-state index contributed by atoms with van der Waals surface area (Å²) in [5.41, 5.74) is 0.962. The molecule has 0 atom stereocenters. The van der Waals surface area contributed by atoms with Crippen molar-refractivity contribution in [2.45, 2.75) is 32.2 Å². The van der Waals surface area contributed by atoms with Crippen molar-refractivity contribution in [2.75, 3.05) is 27.2 Å². The minimum atomic E-state index is -3.38. The highest BCUT2D eigenvalue weighted by molar-refractivity contribution is 14.0. The smallest absolute Gasteiger partial charge is 0.242 e. The van der Waals surface area contributed by atoms with Crippen LogP contribution in [0.3, 0.4) is 0 Å². The summed E-state index contributed by atoms with van der Waals surface area (Å²) in [7, 11) is -0.330. The lowest BCUT2D eigenvalue weighted by molar-refractivity contribution is 0.520. The number of aliphatic imine (C=N–C) groups is 1. The summed E-state index contributed by atoms with van der Waals surface area (Å²) in [6.45, 7) is 8.44. The third kappa shape index (κ3) is 7.35. The number of nitrogens with zero attached hydrogens (tertiary/aromatic N) is 2. The maximum atomic E-state index is 12.0. The molecule has 0 aromatic heterocycles. The number of sulfonamides is 1. The average Bonchev–Trinajstić information content (AvgIpc) is 2.50. The van der Waals surface area contributed by atoms with E-state index in [0.29, 0.717) is 17.4 Å². The summed E-state index contributed by atoms with van der Waals surface area (Å²) in [6.07, 6.45) is 0. The Bertz CT molecular complexity index is 613. The third-order valence-corrected chi connectivity index (χ3v) is 4.97. The molecule has 0 fully saturated rings. The van der Waals surface area contributed by atoms with Crippen molar-refractivity contribution in [2.24, 2.45) is 10.9 Å². The molecule has 1 aromatic carbocycles. The molecular weight excluding hydrogens is 439 g/mol. The summed E-state index contributed by atoms with van der Waals surface area (Å²) in [4.78, 5) is 4.81. The van der Waals surface area contributed by atoms with Crippen molar-refractivity contribution >= 4 is 40.0 Å². The van der Waals surface area contributed by atoms with Gasteiger partial charge in [-0.25, -0.2) is 17.7 Å². The maximum Gasteiger partial charge on any atom is 0.242 e. The van der Waals surface area contributed by atoms with Crippen molar-refractivity contribution in [1.29, 1.82) is 0 Å². The molecule has 8 heteroatoms. The van der Waals surface area contributed by atoms with Crippen LogP contribution in [0.4, 0.5) is 0 Å². The van der Waals surface area contributed by atoms with E-state index in [1.165, 1.54) is 18.4 Å². The Morgan fingerprint density at radius 2 is 1.75 bits per heavy atom. The van der Waals surface area contributed by atoms with Gasteiger partial charge in [0, 0.05) is 27.2 Å². The molecule has 24 heavy (non-hydrogen) atoms. The lowest BCUT2D eigenvalue weighted by atomic mass is 10.2. The Labute approximate surface area is 163 Å². The molecule has 0 saturated heterocycles. The molecule has 1 aromatic rings. The van der Waals surface area contributed by atoms with Gasteiger partial charge in [0.15, 0.2) is 5.96 Å². The SMILES string of the molecule is CCNC(=NCc1ccc(S(=O)(=O)N(C)C)cc1)NCC(C)C.I. The van der Waals surface area contributed by atoms with Gasteiger partial charge in [0.1, 0.15) is 0 Å². The molecule has 138 valence electrons. The number of hydrogen-bond donors (Lipinski definition) is 2. The first-order valence-corrected chi connectivity index (χ1v) is 9.25. The third-order valence-electron chi connectivity index (χ3n) is 3.14. The van der Waals surface area contributed by atoms with Crippen molar-refractivity contribution in [3.8, 4) is 0 Å². The fourth-order valence-corrected chi connectivity index (χ4v) is 2.69. The zero-order chi connectivity index (χ0) is 17.5. The summed E-state index contributed by atoms with van der Waals surface area (Å²) in [5, 5.41) is 6.47. The van der Waals surface area contributed by atoms with E-state index in [4.69, 9.17) is 0 Å². The largest absolute Gasteiger partial charge is 0.357 e. The van der Waals surface area contributed by atoms with Gasteiger partial charge in [0.2, 0.25) is 10.0 Å². The molecule has 6 nitrogen and oxygen atoms in total. The van der Waals surface area contributed by atoms with Gasteiger partial charge in [0.05, 0.1) is 11.4 Å². The van der Waals surface area contributed by atoms with Gasteiger partial charge in [-0.2, -0.15) is 0 Å². The summed E-state index contributed by atoms with van der Waals surface area (Å²) in [5.74, 6) is 1.31. The van der Waals surface area contributed by atoms with Crippen molar-refractivity contribution in [1.82, 2.24) is 14.9 Å². The van der Waals surface area contributed by atoms with E-state index < -0.39 is 10.0 Å². The van der Waals surface area contributed by atoms with Gasteiger partial charge in [-0.15, -0.1) is 24.0 Å². The Hall–Kier alpha value is -0.870. The summed E-state index contributed by atoms with van der Waals surface area (Å²) < 4.78 is 25.3. The predicted octanol–water partition coefficient (Wildman–Crippen LogP) is 2.27. The fraction of sp³-hybridized carbons (Fsp3) is 0.562. The predicted molar refractivity (Wildman–Crippen MR) is 110 cm³/mol. The molecule has 1 rings (SSSR count). The molecule has 0 unspecified atom stereocenters. The number of benzene rings is 1. The van der Waals surface area contributed by atoms with Gasteiger partial charge in [0.25, 0.3) is 0 Å². The van der Waals surface area contributed by atoms with Crippen molar-refractivity contribution in [3.05, 3.63) is 29.8 Å². The zero-order valence-electron chi connectivity index (χ0n) is 15.0. The Morgan fingerprint density at radius 3 is 2.21 bits per heavy atom. The Kier molecular flexibility index (Phi) is 10.5. The number of nitrogens with one attached hydrogen (secondary N) is 2. The normalized spacial score (nSPS) is 12.2. The van der Waals surface area contributed by atoms with Crippen LogP contribution >= 0.6 is 24.0 Å². The average molecular weight is 468 g/mol. The lowest BCUT2D eigenvalue weighted by Gasteiger charge is -2.13. The van der Waals surface area contributed by atoms with Crippen molar-refractivity contribution in [3.63, 3.8) is 0 Å². The molecule has 2 N–H and O–H groups in total. The van der Waals surface area contributed by atoms with E-state index in [-0.39, 0.29) is 24.0 Å². The van der Waals surface area contributed by atoms with E-state index in [2.05, 4.69) is 29.5 Å². The highest BCUT2D eigenvalue weighted by Gasteiger charge is 2.16. The monoisotopic (exact) mass is 468 g/mol. The first-order chi connectivity index (χ1) is 10.8. The van der Waals surface area contributed by atoms with Crippen molar-refractivity contribution < 1.29 is 8.42 Å². The van der Waals surface area contributed by atoms with Gasteiger partial charge in [-0.3, -0.25) is 0 Å². The number of hydrogen-bond acceptors (Lipinski definition) is 3. The molecule has 0 heterocycles. The molecule has 0 saturated carbocycles. The molecule has 0 aliphatic heterocycles. The van der Waals surface area contributed by atoms with Gasteiger partial charge in [-0.05, 0) is 30.5 Å². The maximum absolute atomic E-state index is 12.0. The standard InChI is InChI=1S/C16H28N4O2S.HI/c1-6-17-16(18-11-13(2)3)19-12-14-7-9-15(10-8-14)23(21,22)20(4)5;/h7-10,13H,6,11-12H2,1-5H3,(H2,17,18,19);1H. The molecular formula is C16H29IN4O2S. The van der Waals surface area contributed by atoms with Crippen LogP contribution in [0.5, 0.6) is 0 Å². The van der Waals surface area contributed by atoms with Crippen LogP contribution in [0.1, 0.15) is 26.3 Å². The second-order valence-corrected chi connectivity index (χ2v) is 8.05. The number of halogens is 1. The summed E-state index contributed by atoms with van der Waals surface area (Å²) in [6, 6.07) is 6.83. The first-order valence-electron chi connectivity index (χ1n) is 7.81. The number of guanidine groups is 1. The first kappa shape index (κ1) is 23.1. The van der Waals surface area contributed by atoms with Crippen LogP contribution in [0.2, 0.25) is 0 Å². The van der Waals surface area contributed by atoms with Gasteiger partial charge in [-0.1, -0.05) is 26.0 Å². The van der Waals surface area contributed by atoms with Crippen LogP contribution < -0.4 is 10.6 Å². The van der Waals surface area contributed by atoms with Crippen LogP contribution in [-0.2, 0) is 16.6 Å². The molecule has 0 spiro atoms. The Balaban J connectivity index is 0.00000529. The van der Waals surface area contributed by atoms with Crippen LogP contribution in [0.25, 0.3) is 0 Å². The van der Waals surface area contributed by atoms with E-state index in [0.717, 1.165) is 24.6 Å². The van der Waals surface area contributed by atoms with Gasteiger partial charge < -0.3 is 10.6 Å². The van der Waals surface area contributed by atoms with E-state index in [1.807, 2.05) is 6.92 Å². The minimum Gasteiger partial charge on any atom is -0.357 e. The van der Waals surface area contributed by atoms with Crippen LogP contribution in [0, 0.1) is 5.92 Å². The van der Waals surface area contributed by atoms with E-state index in [9.17, 15) is 8.42 Å². The molecule has 0 aliphatic carbocycles. The fourth-order valence-electron chi connectivity index (χ4n) is 1.79. The second kappa shape index (κ2) is 10.9. The van der Waals surface area contributed by atoms with E-state index >= 15 is 0 Å². The topological polar surface area (TPSA) is 73.8 Å². The van der Waals surface area contributed by atoms with Crippen LogP contribution in [-0.4, -0.2) is 45.9 Å². The lowest BCUT2D eigenvalue weighted by Crippen LogP contribution is -2.39. The molecule has 0 bridgehead atoms. The summed E-state index contributed by atoms with van der Waals surface area (Å²) >= 11 is 0. The Morgan fingerprint density at radius 1 is 1.17 bits per heavy atom. The molecule has 0 aliphatic rings. The minimum absolute atomic E-state index is 0. The highest BCUT2D eigenvalue weighted by Crippen LogP contribution is 2.14. The molecule has 0 radical (unpaired) electrons. The zero-order valence-corrected chi connectivity index (χ0v) is 18.2. The quantitative estimate of drug-likeness (QED) is 0.366. The molecule has 0 amide bonds. The van der Waals surface area contributed by atoms with E-state index in [1.54, 1.807) is 24.3 Å². The second-order valence-electron chi connectivity index (χ2n) is 5.90. The van der Waals surface area contributed by atoms with Crippen LogP contribution in [0.15, 0.2) is 34.2 Å².